The first-order valence-corrected chi connectivity index (χ1v) is 10.9. The lowest BCUT2D eigenvalue weighted by molar-refractivity contribution is -0.123. The summed E-state index contributed by atoms with van der Waals surface area (Å²) in [4.78, 5) is 16.5. The van der Waals surface area contributed by atoms with E-state index in [0.717, 1.165) is 22.6 Å². The zero-order valence-corrected chi connectivity index (χ0v) is 20.4. The molecule has 0 bridgehead atoms. The third-order valence-electron chi connectivity index (χ3n) is 5.63. The quantitative estimate of drug-likeness (QED) is 0.406. The third kappa shape index (κ3) is 5.33. The molecule has 2 heterocycles. The second-order valence-electron chi connectivity index (χ2n) is 8.11. The number of hydrazone groups is 1. The van der Waals surface area contributed by atoms with Gasteiger partial charge in [0.05, 0.1) is 12.8 Å². The number of aromatic nitrogens is 2. The third-order valence-corrected chi connectivity index (χ3v) is 5.63. The lowest BCUT2D eigenvalue weighted by Gasteiger charge is -2.14. The molecule has 3 rings (SSSR count). The van der Waals surface area contributed by atoms with Crippen molar-refractivity contribution >= 4 is 12.1 Å². The Labute approximate surface area is 199 Å². The number of nitrogens with one attached hydrogen (secondary N) is 1. The number of nitrogens with zero attached hydrogens (tertiary/aromatic N) is 4. The molecule has 0 aliphatic heterocycles. The maximum atomic E-state index is 12.3. The lowest BCUT2D eigenvalue weighted by Crippen LogP contribution is -2.25. The maximum Gasteiger partial charge on any atom is 0.278 e. The van der Waals surface area contributed by atoms with E-state index in [1.54, 1.807) is 26.3 Å². The van der Waals surface area contributed by atoms with Crippen LogP contribution in [-0.4, -0.2) is 35.4 Å². The number of rotatable bonds is 8. The molecule has 8 nitrogen and oxygen atoms in total. The summed E-state index contributed by atoms with van der Waals surface area (Å²) in [5.74, 6) is -0.356. The van der Waals surface area contributed by atoms with Crippen molar-refractivity contribution in [2.45, 2.75) is 41.2 Å². The second-order valence-corrected chi connectivity index (χ2v) is 8.11. The lowest BCUT2D eigenvalue weighted by atomic mass is 10.1. The van der Waals surface area contributed by atoms with Gasteiger partial charge in [-0.3, -0.25) is 4.79 Å². The topological polar surface area (TPSA) is 102 Å². The highest BCUT2D eigenvalue weighted by molar-refractivity contribution is 5.84. The SMILES string of the molecule is COCc1cc(C)nc(OCC(=O)N/N=C\c2cc(C)n(-c3cccc(C)c3C)c2C)c1C#N. The Balaban J connectivity index is 1.69. The van der Waals surface area contributed by atoms with Crippen molar-refractivity contribution in [3.8, 4) is 17.6 Å². The molecule has 0 saturated carbocycles. The van der Waals surface area contributed by atoms with Crippen LogP contribution >= 0.6 is 0 Å². The molecular formula is C26H29N5O3. The monoisotopic (exact) mass is 459 g/mol. The van der Waals surface area contributed by atoms with Crippen LogP contribution < -0.4 is 10.2 Å². The van der Waals surface area contributed by atoms with Gasteiger partial charge in [0.1, 0.15) is 11.6 Å². The van der Waals surface area contributed by atoms with Crippen LogP contribution in [0.3, 0.4) is 0 Å². The number of nitriles is 1. The highest BCUT2D eigenvalue weighted by Crippen LogP contribution is 2.24. The van der Waals surface area contributed by atoms with Gasteiger partial charge in [-0.1, -0.05) is 12.1 Å². The first-order chi connectivity index (χ1) is 16.3. The Morgan fingerprint density at radius 1 is 1.24 bits per heavy atom. The van der Waals surface area contributed by atoms with Crippen molar-refractivity contribution in [3.63, 3.8) is 0 Å². The van der Waals surface area contributed by atoms with E-state index in [-0.39, 0.29) is 24.7 Å². The molecule has 0 fully saturated rings. The number of amides is 1. The van der Waals surface area contributed by atoms with Crippen LogP contribution in [0.5, 0.6) is 5.88 Å². The molecule has 0 aliphatic rings. The largest absolute Gasteiger partial charge is 0.467 e. The summed E-state index contributed by atoms with van der Waals surface area (Å²) in [5.41, 5.74) is 10.6. The van der Waals surface area contributed by atoms with Crippen molar-refractivity contribution in [2.75, 3.05) is 13.7 Å². The summed E-state index contributed by atoms with van der Waals surface area (Å²) < 4.78 is 12.8. The van der Waals surface area contributed by atoms with E-state index in [4.69, 9.17) is 9.47 Å². The summed E-state index contributed by atoms with van der Waals surface area (Å²) in [6.45, 7) is 9.97. The van der Waals surface area contributed by atoms with Crippen LogP contribution in [0.25, 0.3) is 5.69 Å². The van der Waals surface area contributed by atoms with Crippen molar-refractivity contribution in [3.05, 3.63) is 75.2 Å². The van der Waals surface area contributed by atoms with Crippen LogP contribution in [0.1, 0.15) is 44.9 Å². The van der Waals surface area contributed by atoms with Gasteiger partial charge in [0, 0.05) is 41.0 Å². The molecule has 0 aliphatic carbocycles. The van der Waals surface area contributed by atoms with Gasteiger partial charge in [0.2, 0.25) is 5.88 Å². The van der Waals surface area contributed by atoms with Crippen LogP contribution in [-0.2, 0) is 16.1 Å². The fraction of sp³-hybridized carbons (Fsp3) is 0.308. The summed E-state index contributed by atoms with van der Waals surface area (Å²) >= 11 is 0. The number of benzene rings is 1. The zero-order valence-electron chi connectivity index (χ0n) is 20.4. The molecule has 1 N–H and O–H groups in total. The molecule has 1 aromatic carbocycles. The molecule has 3 aromatic rings. The Bertz CT molecular complexity index is 1280. The summed E-state index contributed by atoms with van der Waals surface area (Å²) in [6.07, 6.45) is 1.62. The fourth-order valence-electron chi connectivity index (χ4n) is 3.81. The standard InChI is InChI=1S/C26H29N5O3/c1-16-8-7-9-24(19(16)4)31-18(3)11-21(20(31)5)13-28-30-25(32)15-34-26-23(12-27)22(14-33-6)10-17(2)29-26/h7-11,13H,14-15H2,1-6H3,(H,30,32)/b28-13-. The number of carbonyl (C=O) groups is 1. The van der Waals surface area contributed by atoms with E-state index < -0.39 is 5.91 Å². The molecule has 2 aromatic heterocycles. The number of aryl methyl sites for hydroxylation is 3. The molecule has 0 unspecified atom stereocenters. The predicted molar refractivity (Wildman–Crippen MR) is 130 cm³/mol. The van der Waals surface area contributed by atoms with Crippen LogP contribution in [0.4, 0.5) is 0 Å². The second kappa shape index (κ2) is 10.8. The smallest absolute Gasteiger partial charge is 0.278 e. The highest BCUT2D eigenvalue weighted by atomic mass is 16.5. The Morgan fingerprint density at radius 3 is 2.71 bits per heavy atom. The van der Waals surface area contributed by atoms with E-state index >= 15 is 0 Å². The Kier molecular flexibility index (Phi) is 7.82. The molecule has 34 heavy (non-hydrogen) atoms. The first kappa shape index (κ1) is 24.7. The molecule has 176 valence electrons. The molecule has 1 amide bonds. The van der Waals surface area contributed by atoms with Gasteiger partial charge in [0.25, 0.3) is 5.91 Å². The minimum Gasteiger partial charge on any atom is -0.467 e. The summed E-state index contributed by atoms with van der Waals surface area (Å²) in [5, 5.41) is 13.5. The van der Waals surface area contributed by atoms with Crippen LogP contribution in [0.2, 0.25) is 0 Å². The van der Waals surface area contributed by atoms with E-state index in [1.807, 2.05) is 26.0 Å². The number of hydrogen-bond acceptors (Lipinski definition) is 6. The van der Waals surface area contributed by atoms with Crippen molar-refractivity contribution in [1.29, 1.82) is 5.26 Å². The van der Waals surface area contributed by atoms with Gasteiger partial charge in [-0.05, 0) is 63.9 Å². The fourth-order valence-corrected chi connectivity index (χ4v) is 3.81. The average Bonchev–Trinajstić information content (AvgIpc) is 3.07. The molecule has 0 atom stereocenters. The average molecular weight is 460 g/mol. The number of ether oxygens (including phenoxy) is 2. The Hall–Kier alpha value is -3.96. The minimum atomic E-state index is -0.458. The van der Waals surface area contributed by atoms with Gasteiger partial charge in [-0.15, -0.1) is 0 Å². The van der Waals surface area contributed by atoms with Crippen molar-refractivity contribution in [2.24, 2.45) is 5.10 Å². The molecule has 0 radical (unpaired) electrons. The minimum absolute atomic E-state index is 0.103. The van der Waals surface area contributed by atoms with Crippen LogP contribution in [0.15, 0.2) is 35.4 Å². The van der Waals surface area contributed by atoms with Crippen LogP contribution in [0, 0.1) is 45.9 Å². The Morgan fingerprint density at radius 2 is 2.00 bits per heavy atom. The molecule has 0 spiro atoms. The number of carbonyl (C=O) groups excluding carboxylic acids is 1. The normalized spacial score (nSPS) is 11.0. The predicted octanol–water partition coefficient (Wildman–Crippen LogP) is 3.96. The van der Waals surface area contributed by atoms with Gasteiger partial charge in [0.15, 0.2) is 6.61 Å². The van der Waals surface area contributed by atoms with E-state index in [9.17, 15) is 10.1 Å². The van der Waals surface area contributed by atoms with Gasteiger partial charge in [-0.25, -0.2) is 10.4 Å². The van der Waals surface area contributed by atoms with Gasteiger partial charge < -0.3 is 14.0 Å². The number of pyridine rings is 1. The van der Waals surface area contributed by atoms with Gasteiger partial charge in [-0.2, -0.15) is 10.4 Å². The first-order valence-electron chi connectivity index (χ1n) is 10.9. The van der Waals surface area contributed by atoms with Crippen molar-refractivity contribution < 1.29 is 14.3 Å². The molecule has 0 saturated heterocycles. The number of methoxy groups -OCH3 is 1. The van der Waals surface area contributed by atoms with E-state index in [2.05, 4.69) is 52.1 Å². The van der Waals surface area contributed by atoms with Gasteiger partial charge >= 0.3 is 0 Å². The molecular weight excluding hydrogens is 430 g/mol. The van der Waals surface area contributed by atoms with E-state index in [1.165, 1.54) is 11.1 Å². The highest BCUT2D eigenvalue weighted by Gasteiger charge is 2.15. The van der Waals surface area contributed by atoms with Crippen molar-refractivity contribution in [1.82, 2.24) is 15.0 Å². The summed E-state index contributed by atoms with van der Waals surface area (Å²) in [6, 6.07) is 12.1. The zero-order chi connectivity index (χ0) is 24.8. The number of hydrogen-bond donors (Lipinski definition) is 1. The summed E-state index contributed by atoms with van der Waals surface area (Å²) in [7, 11) is 1.54. The maximum absolute atomic E-state index is 12.3. The van der Waals surface area contributed by atoms with E-state index in [0.29, 0.717) is 11.3 Å². The molecule has 8 heteroatoms.